The largest absolute Gasteiger partial charge is 0.378 e. The third kappa shape index (κ3) is 3.74. The van der Waals surface area contributed by atoms with Crippen molar-refractivity contribution in [1.82, 2.24) is 10.3 Å². The van der Waals surface area contributed by atoms with E-state index in [1.807, 2.05) is 12.3 Å². The van der Waals surface area contributed by atoms with Crippen molar-refractivity contribution in [3.8, 4) is 0 Å². The topological polar surface area (TPSA) is 54.5 Å². The van der Waals surface area contributed by atoms with Crippen LogP contribution in [-0.4, -0.2) is 37.2 Å². The summed E-state index contributed by atoms with van der Waals surface area (Å²) in [4.78, 5) is 20.7. The number of hydrogen-bond acceptors (Lipinski definition) is 4. The molecule has 5 nitrogen and oxygen atoms in total. The number of aryl methyl sites for hydroxylation is 1. The second kappa shape index (κ2) is 8.12. The number of nitrogens with zero attached hydrogens (tertiary/aromatic N) is 2. The molecule has 33 heavy (non-hydrogen) atoms. The summed E-state index contributed by atoms with van der Waals surface area (Å²) in [6.45, 7) is 5.87. The van der Waals surface area contributed by atoms with Crippen LogP contribution in [-0.2, 0) is 21.5 Å². The van der Waals surface area contributed by atoms with Crippen LogP contribution in [0, 0.1) is 24.2 Å². The summed E-state index contributed by atoms with van der Waals surface area (Å²) in [6, 6.07) is 13.2. The fourth-order valence-corrected chi connectivity index (χ4v) is 7.76. The zero-order chi connectivity index (χ0) is 22.5. The Labute approximate surface area is 196 Å². The third-order valence-corrected chi connectivity index (χ3v) is 8.82. The number of hydrogen-bond donors (Lipinski definition) is 1. The molecule has 2 aromatic rings. The number of pyridine rings is 1. The highest BCUT2D eigenvalue weighted by molar-refractivity contribution is 5.83. The van der Waals surface area contributed by atoms with Gasteiger partial charge in [-0.3, -0.25) is 4.79 Å². The summed E-state index contributed by atoms with van der Waals surface area (Å²) >= 11 is 0. The molecule has 7 rings (SSSR count). The minimum absolute atomic E-state index is 0.183. The Kier molecular flexibility index (Phi) is 5.21. The van der Waals surface area contributed by atoms with Crippen molar-refractivity contribution in [2.45, 2.75) is 57.4 Å². The number of morpholine rings is 1. The number of ether oxygens (including phenoxy) is 1. The SMILES string of the molecule is Cc1ccc(C23CC4CC(CC(C(=O)NCc5cccnc5N5CCOCC5)(C4)C2)C3)cc1. The molecule has 1 aromatic carbocycles. The minimum Gasteiger partial charge on any atom is -0.378 e. The molecule has 5 heteroatoms. The van der Waals surface area contributed by atoms with E-state index < -0.39 is 0 Å². The Morgan fingerprint density at radius 1 is 1.09 bits per heavy atom. The molecular formula is C28H35N3O2. The second-order valence-corrected chi connectivity index (χ2v) is 11.2. The van der Waals surface area contributed by atoms with Gasteiger partial charge in [0.05, 0.1) is 18.6 Å². The molecule has 1 aromatic heterocycles. The van der Waals surface area contributed by atoms with Crippen molar-refractivity contribution < 1.29 is 9.53 Å². The molecule has 2 unspecified atom stereocenters. The van der Waals surface area contributed by atoms with Crippen molar-refractivity contribution in [3.63, 3.8) is 0 Å². The fraction of sp³-hybridized carbons (Fsp3) is 0.571. The fourth-order valence-electron chi connectivity index (χ4n) is 7.76. The zero-order valence-corrected chi connectivity index (χ0v) is 19.7. The molecule has 4 bridgehead atoms. The van der Waals surface area contributed by atoms with Crippen molar-refractivity contribution in [3.05, 3.63) is 59.3 Å². The maximum absolute atomic E-state index is 13.8. The van der Waals surface area contributed by atoms with Gasteiger partial charge in [-0.25, -0.2) is 4.98 Å². The minimum atomic E-state index is -0.212. The Bertz CT molecular complexity index is 1010. The molecule has 5 aliphatic rings. The van der Waals surface area contributed by atoms with Crippen molar-refractivity contribution >= 4 is 11.7 Å². The van der Waals surface area contributed by atoms with Gasteiger partial charge in [-0.05, 0) is 74.3 Å². The lowest BCUT2D eigenvalue weighted by Gasteiger charge is -2.61. The summed E-state index contributed by atoms with van der Waals surface area (Å²) in [5.74, 6) is 2.62. The van der Waals surface area contributed by atoms with Crippen LogP contribution in [0.2, 0.25) is 0 Å². The lowest BCUT2D eigenvalue weighted by Crippen LogP contribution is -2.59. The van der Waals surface area contributed by atoms with Gasteiger partial charge in [0.1, 0.15) is 5.82 Å². The molecule has 1 aliphatic heterocycles. The summed E-state index contributed by atoms with van der Waals surface area (Å²) in [6.07, 6.45) is 8.80. The molecule has 0 spiro atoms. The van der Waals surface area contributed by atoms with E-state index in [1.54, 1.807) is 0 Å². The molecule has 0 radical (unpaired) electrons. The van der Waals surface area contributed by atoms with Crippen LogP contribution < -0.4 is 10.2 Å². The van der Waals surface area contributed by atoms with Gasteiger partial charge in [0.15, 0.2) is 0 Å². The maximum atomic E-state index is 13.8. The van der Waals surface area contributed by atoms with E-state index in [9.17, 15) is 4.79 Å². The van der Waals surface area contributed by atoms with E-state index in [-0.39, 0.29) is 16.7 Å². The monoisotopic (exact) mass is 445 g/mol. The third-order valence-electron chi connectivity index (χ3n) is 8.82. The predicted octanol–water partition coefficient (Wildman–Crippen LogP) is 4.38. The van der Waals surface area contributed by atoms with E-state index in [1.165, 1.54) is 30.4 Å². The number of aromatic nitrogens is 1. The van der Waals surface area contributed by atoms with Crippen LogP contribution in [0.25, 0.3) is 0 Å². The van der Waals surface area contributed by atoms with Crippen molar-refractivity contribution in [2.24, 2.45) is 17.3 Å². The van der Waals surface area contributed by atoms with E-state index in [0.29, 0.717) is 18.4 Å². The molecule has 2 heterocycles. The molecule has 4 aliphatic carbocycles. The number of amides is 1. The predicted molar refractivity (Wildman–Crippen MR) is 129 cm³/mol. The molecule has 174 valence electrons. The first kappa shape index (κ1) is 21.2. The van der Waals surface area contributed by atoms with E-state index >= 15 is 0 Å². The van der Waals surface area contributed by atoms with Gasteiger partial charge in [0.2, 0.25) is 5.91 Å². The summed E-state index contributed by atoms with van der Waals surface area (Å²) < 4.78 is 5.51. The highest BCUT2D eigenvalue weighted by atomic mass is 16.5. The molecule has 1 saturated heterocycles. The number of anilines is 1. The molecule has 4 saturated carbocycles. The highest BCUT2D eigenvalue weighted by Crippen LogP contribution is 2.65. The first-order valence-electron chi connectivity index (χ1n) is 12.7. The average Bonchev–Trinajstić information content (AvgIpc) is 2.83. The average molecular weight is 446 g/mol. The van der Waals surface area contributed by atoms with Gasteiger partial charge in [0.25, 0.3) is 0 Å². The Morgan fingerprint density at radius 3 is 2.55 bits per heavy atom. The quantitative estimate of drug-likeness (QED) is 0.742. The van der Waals surface area contributed by atoms with Crippen LogP contribution in [0.1, 0.15) is 55.2 Å². The highest BCUT2D eigenvalue weighted by Gasteiger charge is 2.60. The second-order valence-electron chi connectivity index (χ2n) is 11.2. The summed E-state index contributed by atoms with van der Waals surface area (Å²) in [7, 11) is 0. The van der Waals surface area contributed by atoms with E-state index in [2.05, 4.69) is 52.5 Å². The number of nitrogens with one attached hydrogen (secondary N) is 1. The van der Waals surface area contributed by atoms with E-state index in [4.69, 9.17) is 4.74 Å². The van der Waals surface area contributed by atoms with E-state index in [0.717, 1.165) is 56.9 Å². The summed E-state index contributed by atoms with van der Waals surface area (Å²) in [5, 5.41) is 3.38. The Hall–Kier alpha value is -2.40. The Balaban J connectivity index is 1.22. The van der Waals surface area contributed by atoms with Crippen LogP contribution >= 0.6 is 0 Å². The number of carbonyl (C=O) groups excluding carboxylic acids is 1. The van der Waals surface area contributed by atoms with Gasteiger partial charge < -0.3 is 15.0 Å². The molecule has 1 amide bonds. The molecule has 1 N–H and O–H groups in total. The van der Waals surface area contributed by atoms with Crippen LogP contribution in [0.3, 0.4) is 0 Å². The first-order chi connectivity index (χ1) is 16.1. The van der Waals surface area contributed by atoms with Gasteiger partial charge in [0, 0.05) is 31.4 Å². The van der Waals surface area contributed by atoms with Crippen LogP contribution in [0.4, 0.5) is 5.82 Å². The zero-order valence-electron chi connectivity index (χ0n) is 19.7. The molecule has 5 fully saturated rings. The lowest BCUT2D eigenvalue weighted by molar-refractivity contribution is -0.149. The van der Waals surface area contributed by atoms with Crippen LogP contribution in [0.5, 0.6) is 0 Å². The van der Waals surface area contributed by atoms with Gasteiger partial charge in [-0.15, -0.1) is 0 Å². The first-order valence-corrected chi connectivity index (χ1v) is 12.7. The van der Waals surface area contributed by atoms with Gasteiger partial charge >= 0.3 is 0 Å². The van der Waals surface area contributed by atoms with Gasteiger partial charge in [-0.1, -0.05) is 35.9 Å². The number of benzene rings is 1. The molecular weight excluding hydrogens is 410 g/mol. The smallest absolute Gasteiger partial charge is 0.226 e. The Morgan fingerprint density at radius 2 is 1.82 bits per heavy atom. The number of carbonyl (C=O) groups is 1. The maximum Gasteiger partial charge on any atom is 0.226 e. The summed E-state index contributed by atoms with van der Waals surface area (Å²) in [5.41, 5.74) is 3.84. The van der Waals surface area contributed by atoms with Gasteiger partial charge in [-0.2, -0.15) is 0 Å². The lowest BCUT2D eigenvalue weighted by atomic mass is 9.42. The van der Waals surface area contributed by atoms with Crippen molar-refractivity contribution in [2.75, 3.05) is 31.2 Å². The molecule has 2 atom stereocenters. The van der Waals surface area contributed by atoms with Crippen molar-refractivity contribution in [1.29, 1.82) is 0 Å². The number of rotatable bonds is 5. The van der Waals surface area contributed by atoms with Crippen LogP contribution in [0.15, 0.2) is 42.6 Å². The standard InChI is InChI=1S/C28H35N3O2/c1-20-4-6-24(7-5-20)27-14-21-13-22(15-27)17-28(16-21,19-27)26(32)30-18-23-3-2-8-29-25(23)31-9-11-33-12-10-31/h2-8,21-22H,9-19H2,1H3,(H,30,32). The normalized spacial score (nSPS) is 32.7.